The summed E-state index contributed by atoms with van der Waals surface area (Å²) in [5, 5.41) is -0.469. The van der Waals surface area contributed by atoms with Gasteiger partial charge in [0.15, 0.2) is 0 Å². The fourth-order valence-corrected chi connectivity index (χ4v) is 3.86. The Morgan fingerprint density at radius 3 is 2.62 bits per heavy atom. The molecule has 1 heterocycles. The van der Waals surface area contributed by atoms with Crippen molar-refractivity contribution in [2.45, 2.75) is 36.0 Å². The van der Waals surface area contributed by atoms with Crippen LogP contribution in [0, 0.1) is 5.92 Å². The second-order valence-electron chi connectivity index (χ2n) is 5.78. The highest BCUT2D eigenvalue weighted by molar-refractivity contribution is 8.00. The van der Waals surface area contributed by atoms with Crippen molar-refractivity contribution in [1.29, 1.82) is 0 Å². The zero-order chi connectivity index (χ0) is 18.9. The van der Waals surface area contributed by atoms with E-state index in [0.717, 1.165) is 4.90 Å². The molecule has 6 nitrogen and oxygen atoms in total. The van der Waals surface area contributed by atoms with Crippen LogP contribution in [0.4, 0.5) is 0 Å². The van der Waals surface area contributed by atoms with Crippen LogP contribution in [0.5, 0.6) is 0 Å². The third-order valence-corrected chi connectivity index (χ3v) is 5.26. The van der Waals surface area contributed by atoms with Crippen LogP contribution in [-0.2, 0) is 28.6 Å². The second kappa shape index (κ2) is 10.0. The Labute approximate surface area is 156 Å². The number of benzene rings is 1. The summed E-state index contributed by atoms with van der Waals surface area (Å²) in [4.78, 5) is 35.8. The Balaban J connectivity index is 2.05. The molecule has 26 heavy (non-hydrogen) atoms. The molecule has 0 radical (unpaired) electrons. The number of carbonyl (C=O) groups is 3. The van der Waals surface area contributed by atoms with E-state index in [0.29, 0.717) is 6.42 Å². The zero-order valence-corrected chi connectivity index (χ0v) is 15.6. The largest absolute Gasteiger partial charge is 0.469 e. The van der Waals surface area contributed by atoms with Crippen LogP contribution in [0.2, 0.25) is 0 Å². The molecule has 0 aliphatic carbocycles. The van der Waals surface area contributed by atoms with Crippen molar-refractivity contribution in [2.75, 3.05) is 13.7 Å². The van der Waals surface area contributed by atoms with E-state index < -0.39 is 11.4 Å². The molecule has 2 rings (SSSR count). The molecular formula is C19H22O6S. The average Bonchev–Trinajstić information content (AvgIpc) is 2.90. The van der Waals surface area contributed by atoms with E-state index in [9.17, 15) is 14.4 Å². The van der Waals surface area contributed by atoms with Crippen molar-refractivity contribution in [3.63, 3.8) is 0 Å². The molecule has 1 fully saturated rings. The SMILES string of the molecule is COC(=O)C[C@H]1[C@H](Sc2ccccc2)C(=O)O[C@@H]1C/C=C/COC(C)=O. The van der Waals surface area contributed by atoms with Crippen molar-refractivity contribution in [3.05, 3.63) is 42.5 Å². The smallest absolute Gasteiger partial charge is 0.320 e. The maximum absolute atomic E-state index is 12.4. The van der Waals surface area contributed by atoms with Gasteiger partial charge in [0.25, 0.3) is 0 Å². The Hall–Kier alpha value is -2.28. The first kappa shape index (κ1) is 20.0. The lowest BCUT2D eigenvalue weighted by Gasteiger charge is -2.18. The zero-order valence-electron chi connectivity index (χ0n) is 14.8. The summed E-state index contributed by atoms with van der Waals surface area (Å²) < 4.78 is 15.1. The second-order valence-corrected chi connectivity index (χ2v) is 7.00. The molecular weight excluding hydrogens is 356 g/mol. The van der Waals surface area contributed by atoms with Gasteiger partial charge in [-0.25, -0.2) is 0 Å². The molecule has 3 atom stereocenters. The molecule has 1 aromatic rings. The van der Waals surface area contributed by atoms with E-state index in [1.165, 1.54) is 25.8 Å². The number of ether oxygens (including phenoxy) is 3. The number of rotatable bonds is 8. The van der Waals surface area contributed by atoms with E-state index >= 15 is 0 Å². The van der Waals surface area contributed by atoms with E-state index in [-0.39, 0.29) is 36.9 Å². The standard InChI is InChI=1S/C19H22O6S/c1-13(20)24-11-7-6-10-16-15(12-17(21)23-2)18(19(22)25-16)26-14-8-4-3-5-9-14/h3-9,15-16,18H,10-12H2,1-2H3/b7-6+/t15-,16-,18+/m1/s1. The fourth-order valence-electron chi connectivity index (χ4n) is 2.66. The Morgan fingerprint density at radius 2 is 1.96 bits per heavy atom. The monoisotopic (exact) mass is 378 g/mol. The van der Waals surface area contributed by atoms with Crippen molar-refractivity contribution in [2.24, 2.45) is 5.92 Å². The van der Waals surface area contributed by atoms with Crippen molar-refractivity contribution < 1.29 is 28.6 Å². The van der Waals surface area contributed by atoms with Gasteiger partial charge >= 0.3 is 17.9 Å². The van der Waals surface area contributed by atoms with Crippen LogP contribution in [-0.4, -0.2) is 43.0 Å². The molecule has 0 amide bonds. The van der Waals surface area contributed by atoms with Crippen LogP contribution >= 0.6 is 11.8 Å². The van der Waals surface area contributed by atoms with Gasteiger partial charge in [0, 0.05) is 24.2 Å². The number of methoxy groups -OCH3 is 1. The molecule has 1 aliphatic heterocycles. The lowest BCUT2D eigenvalue weighted by molar-refractivity contribution is -0.144. The maximum atomic E-state index is 12.4. The van der Waals surface area contributed by atoms with Gasteiger partial charge < -0.3 is 14.2 Å². The summed E-state index contributed by atoms with van der Waals surface area (Å²) >= 11 is 1.40. The molecule has 0 spiro atoms. The maximum Gasteiger partial charge on any atom is 0.320 e. The fraction of sp³-hybridized carbons (Fsp3) is 0.421. The normalized spacial score (nSPS) is 22.2. The van der Waals surface area contributed by atoms with Gasteiger partial charge in [-0.1, -0.05) is 30.4 Å². The van der Waals surface area contributed by atoms with Crippen LogP contribution in [0.1, 0.15) is 19.8 Å². The van der Waals surface area contributed by atoms with E-state index in [4.69, 9.17) is 14.2 Å². The van der Waals surface area contributed by atoms with Gasteiger partial charge in [-0.15, -0.1) is 11.8 Å². The predicted octanol–water partition coefficient (Wildman–Crippen LogP) is 2.76. The quantitative estimate of drug-likeness (QED) is 0.391. The minimum absolute atomic E-state index is 0.106. The van der Waals surface area contributed by atoms with Crippen molar-refractivity contribution in [1.82, 2.24) is 0 Å². The summed E-state index contributed by atoms with van der Waals surface area (Å²) in [6, 6.07) is 9.53. The van der Waals surface area contributed by atoms with Crippen LogP contribution < -0.4 is 0 Å². The van der Waals surface area contributed by atoms with Crippen LogP contribution in [0.3, 0.4) is 0 Å². The van der Waals surface area contributed by atoms with Gasteiger partial charge in [0.1, 0.15) is 18.0 Å². The van der Waals surface area contributed by atoms with Gasteiger partial charge in [0.2, 0.25) is 0 Å². The van der Waals surface area contributed by atoms with E-state index in [1.54, 1.807) is 12.2 Å². The minimum Gasteiger partial charge on any atom is -0.469 e. The highest BCUT2D eigenvalue weighted by Crippen LogP contribution is 2.39. The van der Waals surface area contributed by atoms with Gasteiger partial charge in [0.05, 0.1) is 13.5 Å². The average molecular weight is 378 g/mol. The van der Waals surface area contributed by atoms with Crippen molar-refractivity contribution >= 4 is 29.7 Å². The molecule has 140 valence electrons. The molecule has 0 aromatic heterocycles. The highest BCUT2D eigenvalue weighted by Gasteiger charge is 2.45. The van der Waals surface area contributed by atoms with E-state index in [1.807, 2.05) is 30.3 Å². The number of cyclic esters (lactones) is 1. The molecule has 1 saturated heterocycles. The number of hydrogen-bond acceptors (Lipinski definition) is 7. The number of hydrogen-bond donors (Lipinski definition) is 0. The van der Waals surface area contributed by atoms with Crippen LogP contribution in [0.15, 0.2) is 47.4 Å². The molecule has 0 saturated carbocycles. The molecule has 0 bridgehead atoms. The summed E-state index contributed by atoms with van der Waals surface area (Å²) in [7, 11) is 1.33. The Bertz CT molecular complexity index is 657. The van der Waals surface area contributed by atoms with Gasteiger partial charge in [-0.3, -0.25) is 14.4 Å². The first-order valence-corrected chi connectivity index (χ1v) is 9.16. The minimum atomic E-state index is -0.469. The first-order chi connectivity index (χ1) is 12.5. The van der Waals surface area contributed by atoms with Crippen molar-refractivity contribution in [3.8, 4) is 0 Å². The Morgan fingerprint density at radius 1 is 1.23 bits per heavy atom. The molecule has 0 unspecified atom stereocenters. The predicted molar refractivity (Wildman–Crippen MR) is 96.5 cm³/mol. The topological polar surface area (TPSA) is 78.9 Å². The van der Waals surface area contributed by atoms with Crippen LogP contribution in [0.25, 0.3) is 0 Å². The molecule has 7 heteroatoms. The highest BCUT2D eigenvalue weighted by atomic mass is 32.2. The van der Waals surface area contributed by atoms with Gasteiger partial charge in [-0.2, -0.15) is 0 Å². The number of thioether (sulfide) groups is 1. The molecule has 0 N–H and O–H groups in total. The van der Waals surface area contributed by atoms with Gasteiger partial charge in [-0.05, 0) is 12.1 Å². The van der Waals surface area contributed by atoms with E-state index in [2.05, 4.69) is 0 Å². The number of carbonyl (C=O) groups excluding carboxylic acids is 3. The Kier molecular flexibility index (Phi) is 7.72. The number of esters is 3. The first-order valence-electron chi connectivity index (χ1n) is 8.28. The lowest BCUT2D eigenvalue weighted by Crippen LogP contribution is -2.26. The lowest BCUT2D eigenvalue weighted by atomic mass is 9.94. The summed E-state index contributed by atoms with van der Waals surface area (Å²) in [6.07, 6.45) is 3.62. The summed E-state index contributed by atoms with van der Waals surface area (Å²) in [5.41, 5.74) is 0. The molecule has 1 aromatic carbocycles. The summed E-state index contributed by atoms with van der Waals surface area (Å²) in [6.45, 7) is 1.50. The summed E-state index contributed by atoms with van der Waals surface area (Å²) in [5.74, 6) is -1.35. The third-order valence-electron chi connectivity index (χ3n) is 3.92. The third kappa shape index (κ3) is 5.91. The molecule has 1 aliphatic rings.